The summed E-state index contributed by atoms with van der Waals surface area (Å²) < 4.78 is 10.8. The number of ether oxygens (including phenoxy) is 1. The Morgan fingerprint density at radius 3 is 2.81 bits per heavy atom. The van der Waals surface area contributed by atoms with Crippen LogP contribution in [0.5, 0.6) is 5.75 Å². The molecule has 1 N–H and O–H groups in total. The van der Waals surface area contributed by atoms with E-state index < -0.39 is 0 Å². The molecule has 3 heterocycles. The standard InChI is InChI=1S/C22H21N5O3S/c1-2-12-29-17-7-5-15(6-8-17)18-14-31-22(24-18)25-19(28)9-10-20-26-21(27-30-20)16-4-3-11-23-13-16/h3-8,11,13-14H,2,9-10,12H2,1H3,(H,24,25,28). The molecule has 0 aliphatic rings. The summed E-state index contributed by atoms with van der Waals surface area (Å²) in [6.07, 6.45) is 4.86. The molecule has 0 aliphatic heterocycles. The molecular weight excluding hydrogens is 414 g/mol. The highest BCUT2D eigenvalue weighted by Crippen LogP contribution is 2.26. The summed E-state index contributed by atoms with van der Waals surface area (Å²) in [4.78, 5) is 25.1. The minimum Gasteiger partial charge on any atom is -0.494 e. The van der Waals surface area contributed by atoms with E-state index in [9.17, 15) is 4.79 Å². The summed E-state index contributed by atoms with van der Waals surface area (Å²) in [7, 11) is 0. The van der Waals surface area contributed by atoms with Crippen molar-refractivity contribution in [3.63, 3.8) is 0 Å². The second-order valence-corrected chi connectivity index (χ2v) is 7.57. The first-order valence-corrected chi connectivity index (χ1v) is 10.8. The Balaban J connectivity index is 1.30. The first-order valence-electron chi connectivity index (χ1n) is 9.93. The number of rotatable bonds is 9. The van der Waals surface area contributed by atoms with Crippen LogP contribution in [0.3, 0.4) is 0 Å². The molecule has 0 aliphatic carbocycles. The van der Waals surface area contributed by atoms with Crippen molar-refractivity contribution in [1.82, 2.24) is 20.1 Å². The molecule has 1 amide bonds. The van der Waals surface area contributed by atoms with E-state index in [1.54, 1.807) is 18.5 Å². The number of carbonyl (C=O) groups is 1. The number of benzene rings is 1. The van der Waals surface area contributed by atoms with Crippen LogP contribution >= 0.6 is 11.3 Å². The van der Waals surface area contributed by atoms with E-state index in [1.807, 2.05) is 35.7 Å². The summed E-state index contributed by atoms with van der Waals surface area (Å²) in [6.45, 7) is 2.77. The van der Waals surface area contributed by atoms with Crippen molar-refractivity contribution < 1.29 is 14.1 Å². The first kappa shape index (κ1) is 20.7. The van der Waals surface area contributed by atoms with Gasteiger partial charge in [-0.15, -0.1) is 11.3 Å². The van der Waals surface area contributed by atoms with Gasteiger partial charge in [0.25, 0.3) is 0 Å². The minimum absolute atomic E-state index is 0.162. The molecule has 8 nitrogen and oxygen atoms in total. The van der Waals surface area contributed by atoms with Gasteiger partial charge in [0.15, 0.2) is 5.13 Å². The van der Waals surface area contributed by atoms with Crippen LogP contribution in [0.25, 0.3) is 22.6 Å². The van der Waals surface area contributed by atoms with Gasteiger partial charge in [0, 0.05) is 41.7 Å². The highest BCUT2D eigenvalue weighted by Gasteiger charge is 2.12. The highest BCUT2D eigenvalue weighted by molar-refractivity contribution is 7.14. The molecule has 0 spiro atoms. The Morgan fingerprint density at radius 1 is 1.16 bits per heavy atom. The van der Waals surface area contributed by atoms with Gasteiger partial charge in [0.1, 0.15) is 5.75 Å². The van der Waals surface area contributed by atoms with E-state index in [-0.39, 0.29) is 12.3 Å². The van der Waals surface area contributed by atoms with Crippen molar-refractivity contribution in [1.29, 1.82) is 0 Å². The number of thiazole rings is 1. The van der Waals surface area contributed by atoms with Crippen molar-refractivity contribution in [2.45, 2.75) is 26.2 Å². The Kier molecular flexibility index (Phi) is 6.63. The van der Waals surface area contributed by atoms with Crippen molar-refractivity contribution in [2.24, 2.45) is 0 Å². The maximum Gasteiger partial charge on any atom is 0.227 e. The molecule has 0 fully saturated rings. The number of hydrogen-bond donors (Lipinski definition) is 1. The van der Waals surface area contributed by atoms with Gasteiger partial charge in [-0.1, -0.05) is 12.1 Å². The van der Waals surface area contributed by atoms with Gasteiger partial charge in [-0.25, -0.2) is 4.98 Å². The number of aryl methyl sites for hydroxylation is 1. The van der Waals surface area contributed by atoms with Crippen molar-refractivity contribution in [3.05, 3.63) is 60.1 Å². The second-order valence-electron chi connectivity index (χ2n) is 6.71. The van der Waals surface area contributed by atoms with Crippen LogP contribution in [0.4, 0.5) is 5.13 Å². The number of carbonyl (C=O) groups excluding carboxylic acids is 1. The zero-order chi connectivity index (χ0) is 21.5. The third-order valence-corrected chi connectivity index (χ3v) is 5.08. The van der Waals surface area contributed by atoms with Crippen LogP contribution in [0, 0.1) is 0 Å². The Hall–Kier alpha value is -3.59. The van der Waals surface area contributed by atoms with Crippen molar-refractivity contribution >= 4 is 22.4 Å². The van der Waals surface area contributed by atoms with Gasteiger partial charge in [-0.05, 0) is 42.8 Å². The van der Waals surface area contributed by atoms with E-state index in [1.165, 1.54) is 11.3 Å². The molecule has 0 saturated carbocycles. The maximum atomic E-state index is 12.3. The van der Waals surface area contributed by atoms with Gasteiger partial charge >= 0.3 is 0 Å². The largest absolute Gasteiger partial charge is 0.494 e. The minimum atomic E-state index is -0.162. The topological polar surface area (TPSA) is 103 Å². The number of nitrogens with one attached hydrogen (secondary N) is 1. The smallest absolute Gasteiger partial charge is 0.227 e. The van der Waals surface area contributed by atoms with Crippen molar-refractivity contribution in [2.75, 3.05) is 11.9 Å². The molecule has 3 aromatic heterocycles. The zero-order valence-electron chi connectivity index (χ0n) is 16.9. The van der Waals surface area contributed by atoms with E-state index in [0.29, 0.717) is 29.9 Å². The fraction of sp³-hybridized carbons (Fsp3) is 0.227. The molecule has 0 radical (unpaired) electrons. The van der Waals surface area contributed by atoms with E-state index in [4.69, 9.17) is 9.26 Å². The molecule has 0 saturated heterocycles. The van der Waals surface area contributed by atoms with Crippen LogP contribution in [-0.4, -0.2) is 32.6 Å². The van der Waals surface area contributed by atoms with Crippen LogP contribution in [0.2, 0.25) is 0 Å². The molecule has 0 unspecified atom stereocenters. The SMILES string of the molecule is CCCOc1ccc(-c2csc(NC(=O)CCc3nc(-c4cccnc4)no3)n2)cc1. The number of pyridine rings is 1. The number of hydrogen-bond acceptors (Lipinski definition) is 8. The molecule has 31 heavy (non-hydrogen) atoms. The number of nitrogens with zero attached hydrogens (tertiary/aromatic N) is 4. The van der Waals surface area contributed by atoms with Crippen LogP contribution in [-0.2, 0) is 11.2 Å². The lowest BCUT2D eigenvalue weighted by atomic mass is 10.2. The predicted molar refractivity (Wildman–Crippen MR) is 118 cm³/mol. The zero-order valence-corrected chi connectivity index (χ0v) is 17.8. The summed E-state index contributed by atoms with van der Waals surface area (Å²) in [5.74, 6) is 1.53. The molecule has 1 aromatic carbocycles. The molecule has 0 bridgehead atoms. The molecule has 0 atom stereocenters. The van der Waals surface area contributed by atoms with E-state index in [0.717, 1.165) is 29.0 Å². The predicted octanol–water partition coefficient (Wildman–Crippen LogP) is 4.62. The molecule has 4 aromatic rings. The summed E-state index contributed by atoms with van der Waals surface area (Å²) in [5.41, 5.74) is 2.54. The number of anilines is 1. The summed E-state index contributed by atoms with van der Waals surface area (Å²) in [6, 6.07) is 11.4. The van der Waals surface area contributed by atoms with Gasteiger partial charge in [-0.3, -0.25) is 9.78 Å². The van der Waals surface area contributed by atoms with Gasteiger partial charge < -0.3 is 14.6 Å². The molecular formula is C22H21N5O3S. The lowest BCUT2D eigenvalue weighted by molar-refractivity contribution is -0.116. The van der Waals surface area contributed by atoms with Crippen molar-refractivity contribution in [3.8, 4) is 28.4 Å². The highest BCUT2D eigenvalue weighted by atomic mass is 32.1. The maximum absolute atomic E-state index is 12.3. The average molecular weight is 436 g/mol. The summed E-state index contributed by atoms with van der Waals surface area (Å²) >= 11 is 1.38. The molecule has 9 heteroatoms. The third-order valence-electron chi connectivity index (χ3n) is 4.33. The number of amides is 1. The van der Waals surface area contributed by atoms with E-state index in [2.05, 4.69) is 32.3 Å². The average Bonchev–Trinajstić information content (AvgIpc) is 3.47. The second kappa shape index (κ2) is 9.94. The van der Waals surface area contributed by atoms with Crippen LogP contribution in [0.1, 0.15) is 25.7 Å². The Morgan fingerprint density at radius 2 is 2.03 bits per heavy atom. The normalized spacial score (nSPS) is 10.7. The quantitative estimate of drug-likeness (QED) is 0.409. The Bertz CT molecular complexity index is 1130. The fourth-order valence-corrected chi connectivity index (χ4v) is 3.51. The summed E-state index contributed by atoms with van der Waals surface area (Å²) in [5, 5.41) is 9.22. The van der Waals surface area contributed by atoms with Gasteiger partial charge in [0.05, 0.1) is 12.3 Å². The lowest BCUT2D eigenvalue weighted by Crippen LogP contribution is -2.12. The first-order chi connectivity index (χ1) is 15.2. The monoisotopic (exact) mass is 435 g/mol. The number of aromatic nitrogens is 4. The Labute approximate surface area is 183 Å². The van der Waals surface area contributed by atoms with Crippen LogP contribution < -0.4 is 10.1 Å². The van der Waals surface area contributed by atoms with Gasteiger partial charge in [-0.2, -0.15) is 4.98 Å². The molecule has 158 valence electrons. The van der Waals surface area contributed by atoms with E-state index >= 15 is 0 Å². The molecule has 4 rings (SSSR count). The van der Waals surface area contributed by atoms with Gasteiger partial charge in [0.2, 0.25) is 17.6 Å². The third kappa shape index (κ3) is 5.52. The fourth-order valence-electron chi connectivity index (χ4n) is 2.78. The lowest BCUT2D eigenvalue weighted by Gasteiger charge is -2.04. The van der Waals surface area contributed by atoms with Crippen LogP contribution in [0.15, 0.2) is 58.7 Å².